The van der Waals surface area contributed by atoms with E-state index in [2.05, 4.69) is 26.0 Å². The molecule has 0 aliphatic heterocycles. The molecule has 0 radical (unpaired) electrons. The minimum absolute atomic E-state index is 0.304. The lowest BCUT2D eigenvalue weighted by atomic mass is 10.1. The second-order valence-corrected chi connectivity index (χ2v) is 10.3. The summed E-state index contributed by atoms with van der Waals surface area (Å²) in [5.74, 6) is 0.814. The third-order valence-corrected chi connectivity index (χ3v) is 10.7. The predicted octanol–water partition coefficient (Wildman–Crippen LogP) is 4.56. The summed E-state index contributed by atoms with van der Waals surface area (Å²) in [7, 11) is -2.12. The predicted molar refractivity (Wildman–Crippen MR) is 80.4 cm³/mol. The fourth-order valence-electron chi connectivity index (χ4n) is 4.89. The Hall–Kier alpha value is -0.123. The number of allylic oxidation sites excluding steroid dienone is 2. The van der Waals surface area contributed by atoms with Crippen LogP contribution in [0.1, 0.15) is 58.8 Å². The molecule has 0 spiro atoms. The highest BCUT2D eigenvalue weighted by atomic mass is 28.4. The molecule has 3 heteroatoms. The average Bonchev–Trinajstić information content (AvgIpc) is 3.15. The molecule has 108 valence electrons. The first-order chi connectivity index (χ1) is 9.26. The molecule has 0 amide bonds. The van der Waals surface area contributed by atoms with Crippen molar-refractivity contribution in [3.05, 3.63) is 12.2 Å². The molecule has 0 N–H and O–H groups in total. The molecule has 0 aromatic rings. The average molecular weight is 280 g/mol. The maximum Gasteiger partial charge on any atom is 0.351 e. The van der Waals surface area contributed by atoms with Crippen molar-refractivity contribution < 1.29 is 8.85 Å². The smallest absolute Gasteiger partial charge is 0.351 e. The molecule has 0 aromatic carbocycles. The Kier molecular flexibility index (Phi) is 3.89. The molecule has 3 aliphatic carbocycles. The van der Waals surface area contributed by atoms with Crippen LogP contribution in [0, 0.1) is 5.92 Å². The van der Waals surface area contributed by atoms with Crippen LogP contribution in [-0.2, 0) is 8.85 Å². The van der Waals surface area contributed by atoms with Crippen molar-refractivity contribution >= 4 is 8.56 Å². The van der Waals surface area contributed by atoms with E-state index in [0.29, 0.717) is 5.04 Å². The molecule has 3 rings (SSSR count). The van der Waals surface area contributed by atoms with Gasteiger partial charge in [-0.05, 0) is 51.9 Å². The van der Waals surface area contributed by atoms with Gasteiger partial charge in [-0.1, -0.05) is 25.0 Å². The molecule has 0 heterocycles. The van der Waals surface area contributed by atoms with Crippen LogP contribution in [0.5, 0.6) is 0 Å². The normalized spacial score (nSPS) is 34.5. The van der Waals surface area contributed by atoms with Crippen LogP contribution in [0.4, 0.5) is 0 Å². The van der Waals surface area contributed by atoms with Crippen molar-refractivity contribution in [1.29, 1.82) is 0 Å². The second-order valence-electron chi connectivity index (χ2n) is 6.53. The standard InChI is InChI=1S/C16H28O2Si/c1-3-17-19(18-4-2,15-7-5-6-8-15)16-11-9-14(13-16)10-12-16/h9,11,14-15H,3-8,10,12-13H2,1-2H3. The first-order valence-corrected chi connectivity index (χ1v) is 10.1. The number of hydrogen-bond acceptors (Lipinski definition) is 2. The molecule has 2 saturated carbocycles. The van der Waals surface area contributed by atoms with Gasteiger partial charge < -0.3 is 8.85 Å². The highest BCUT2D eigenvalue weighted by molar-refractivity contribution is 6.73. The first kappa shape index (κ1) is 13.8. The van der Waals surface area contributed by atoms with Gasteiger partial charge in [0.25, 0.3) is 0 Å². The van der Waals surface area contributed by atoms with Crippen LogP contribution in [0.2, 0.25) is 10.6 Å². The van der Waals surface area contributed by atoms with Gasteiger partial charge in [-0.3, -0.25) is 0 Å². The Morgan fingerprint density at radius 2 is 1.79 bits per heavy atom. The maximum absolute atomic E-state index is 6.52. The lowest BCUT2D eigenvalue weighted by Crippen LogP contribution is -2.55. The van der Waals surface area contributed by atoms with Crippen LogP contribution in [0.15, 0.2) is 12.2 Å². The highest BCUT2D eigenvalue weighted by Gasteiger charge is 2.64. The topological polar surface area (TPSA) is 18.5 Å². The molecule has 0 saturated heterocycles. The summed E-state index contributed by atoms with van der Waals surface area (Å²) in [5.41, 5.74) is 0.730. The summed E-state index contributed by atoms with van der Waals surface area (Å²) in [6, 6.07) is 0. The zero-order chi connectivity index (χ0) is 13.3. The van der Waals surface area contributed by atoms with E-state index in [1.54, 1.807) is 0 Å². The summed E-state index contributed by atoms with van der Waals surface area (Å²) < 4.78 is 13.0. The fourth-order valence-corrected chi connectivity index (χ4v) is 10.2. The maximum atomic E-state index is 6.52. The molecule has 2 bridgehead atoms. The van der Waals surface area contributed by atoms with Gasteiger partial charge in [0.05, 0.1) is 0 Å². The molecule has 0 aromatic heterocycles. The van der Waals surface area contributed by atoms with Gasteiger partial charge in [-0.15, -0.1) is 0 Å². The summed E-state index contributed by atoms with van der Waals surface area (Å²) in [6.45, 7) is 5.95. The van der Waals surface area contributed by atoms with Gasteiger partial charge in [0, 0.05) is 23.8 Å². The van der Waals surface area contributed by atoms with Crippen LogP contribution in [-0.4, -0.2) is 21.8 Å². The van der Waals surface area contributed by atoms with Crippen molar-refractivity contribution in [3.8, 4) is 0 Å². The zero-order valence-electron chi connectivity index (χ0n) is 12.5. The molecule has 19 heavy (non-hydrogen) atoms. The van der Waals surface area contributed by atoms with Crippen LogP contribution < -0.4 is 0 Å². The Labute approximate surface area is 118 Å². The Morgan fingerprint density at radius 3 is 2.21 bits per heavy atom. The van der Waals surface area contributed by atoms with E-state index < -0.39 is 8.56 Å². The van der Waals surface area contributed by atoms with Crippen LogP contribution >= 0.6 is 0 Å². The van der Waals surface area contributed by atoms with Crippen LogP contribution in [0.25, 0.3) is 0 Å². The fraction of sp³-hybridized carbons (Fsp3) is 0.875. The lowest BCUT2D eigenvalue weighted by Gasteiger charge is -2.46. The van der Waals surface area contributed by atoms with E-state index in [9.17, 15) is 0 Å². The minimum atomic E-state index is -2.12. The van der Waals surface area contributed by atoms with Crippen molar-refractivity contribution in [1.82, 2.24) is 0 Å². The SMILES string of the molecule is CCO[Si](OCC)(C1CCCC1)C12C=CC(CC1)C2. The number of hydrogen-bond donors (Lipinski definition) is 0. The van der Waals surface area contributed by atoms with Crippen LogP contribution in [0.3, 0.4) is 0 Å². The summed E-state index contributed by atoms with van der Waals surface area (Å²) in [6.07, 6.45) is 14.4. The Balaban J connectivity index is 1.95. The van der Waals surface area contributed by atoms with Crippen molar-refractivity contribution in [2.45, 2.75) is 69.4 Å². The minimum Gasteiger partial charge on any atom is -0.394 e. The summed E-state index contributed by atoms with van der Waals surface area (Å²) in [4.78, 5) is 0. The lowest BCUT2D eigenvalue weighted by molar-refractivity contribution is 0.149. The van der Waals surface area contributed by atoms with Crippen molar-refractivity contribution in [3.63, 3.8) is 0 Å². The molecule has 2 nitrogen and oxygen atoms in total. The largest absolute Gasteiger partial charge is 0.394 e. The van der Waals surface area contributed by atoms with E-state index in [1.807, 2.05) is 0 Å². The summed E-state index contributed by atoms with van der Waals surface area (Å²) in [5, 5.41) is 0.304. The van der Waals surface area contributed by atoms with Gasteiger partial charge in [0.2, 0.25) is 0 Å². The quantitative estimate of drug-likeness (QED) is 0.524. The molecular formula is C16H28O2Si. The van der Waals surface area contributed by atoms with E-state index >= 15 is 0 Å². The number of rotatable bonds is 6. The first-order valence-electron chi connectivity index (χ1n) is 8.23. The van der Waals surface area contributed by atoms with Gasteiger partial charge in [-0.25, -0.2) is 0 Å². The Morgan fingerprint density at radius 1 is 1.11 bits per heavy atom. The third-order valence-electron chi connectivity index (χ3n) is 5.58. The van der Waals surface area contributed by atoms with Gasteiger partial charge in [-0.2, -0.15) is 0 Å². The van der Waals surface area contributed by atoms with Gasteiger partial charge in [0.1, 0.15) is 0 Å². The molecule has 3 aliphatic rings. The van der Waals surface area contributed by atoms with Crippen molar-refractivity contribution in [2.24, 2.45) is 5.92 Å². The molecule has 2 fully saturated rings. The molecular weight excluding hydrogens is 252 g/mol. The Bertz CT molecular complexity index is 343. The monoisotopic (exact) mass is 280 g/mol. The van der Waals surface area contributed by atoms with E-state index in [-0.39, 0.29) is 0 Å². The third kappa shape index (κ3) is 2.05. The van der Waals surface area contributed by atoms with Gasteiger partial charge in [0.15, 0.2) is 0 Å². The van der Waals surface area contributed by atoms with E-state index in [4.69, 9.17) is 8.85 Å². The zero-order valence-corrected chi connectivity index (χ0v) is 13.5. The van der Waals surface area contributed by atoms with Gasteiger partial charge >= 0.3 is 8.56 Å². The highest BCUT2D eigenvalue weighted by Crippen LogP contribution is 2.65. The molecule has 2 atom stereocenters. The van der Waals surface area contributed by atoms with E-state index in [1.165, 1.54) is 44.9 Å². The second kappa shape index (κ2) is 5.34. The molecule has 2 unspecified atom stereocenters. The number of fused-ring (bicyclic) bond motifs is 2. The summed E-state index contributed by atoms with van der Waals surface area (Å²) >= 11 is 0. The van der Waals surface area contributed by atoms with Crippen molar-refractivity contribution in [2.75, 3.05) is 13.2 Å². The van der Waals surface area contributed by atoms with E-state index in [0.717, 1.165) is 24.7 Å².